The van der Waals surface area contributed by atoms with Gasteiger partial charge in [0.25, 0.3) is 0 Å². The smallest absolute Gasteiger partial charge is 0.225 e. The van der Waals surface area contributed by atoms with E-state index in [1.54, 1.807) is 4.68 Å². The Labute approximate surface area is 176 Å². The largest absolute Gasteiger partial charge is 0.494 e. The lowest BCUT2D eigenvalue weighted by molar-refractivity contribution is -0.116. The first-order valence-corrected chi connectivity index (χ1v) is 10.1. The van der Waals surface area contributed by atoms with Crippen molar-refractivity contribution in [2.24, 2.45) is 0 Å². The highest BCUT2D eigenvalue weighted by Gasteiger charge is 2.22. The summed E-state index contributed by atoms with van der Waals surface area (Å²) in [5.74, 6) is 1.33. The molecule has 0 aliphatic carbocycles. The lowest BCUT2D eigenvalue weighted by Crippen LogP contribution is -2.16. The van der Waals surface area contributed by atoms with Crippen LogP contribution >= 0.6 is 11.6 Å². The monoisotopic (exact) mass is 411 g/mol. The third kappa shape index (κ3) is 5.61. The maximum atomic E-state index is 12.5. The van der Waals surface area contributed by atoms with E-state index in [1.807, 2.05) is 60.7 Å². The van der Waals surface area contributed by atoms with Gasteiger partial charge in [-0.3, -0.25) is 4.79 Å². The first-order chi connectivity index (χ1) is 13.8. The van der Waals surface area contributed by atoms with Gasteiger partial charge in [0.2, 0.25) is 5.91 Å². The van der Waals surface area contributed by atoms with E-state index in [1.165, 1.54) is 0 Å². The predicted octanol–water partition coefficient (Wildman–Crippen LogP) is 5.62. The molecule has 0 saturated carbocycles. The van der Waals surface area contributed by atoms with E-state index in [-0.39, 0.29) is 11.3 Å². The van der Waals surface area contributed by atoms with Crippen molar-refractivity contribution in [2.75, 3.05) is 11.9 Å². The van der Waals surface area contributed by atoms with Gasteiger partial charge in [0.05, 0.1) is 23.0 Å². The Hall–Kier alpha value is -2.79. The standard InChI is InChI=1S/C23H26ClN3O2/c1-23(2,3)20-16-21(27(26-20)19-13-8-7-12-18(19)24)25-22(28)14-9-15-29-17-10-5-4-6-11-17/h4-8,10-13,16H,9,14-15H2,1-3H3,(H,25,28). The van der Waals surface area contributed by atoms with Crippen LogP contribution in [0.3, 0.4) is 0 Å². The van der Waals surface area contributed by atoms with Crippen molar-refractivity contribution < 1.29 is 9.53 Å². The lowest BCUT2D eigenvalue weighted by atomic mass is 9.92. The summed E-state index contributed by atoms with van der Waals surface area (Å²) in [6.07, 6.45) is 0.971. The van der Waals surface area contributed by atoms with Crippen LogP contribution in [0.4, 0.5) is 5.82 Å². The van der Waals surface area contributed by atoms with Crippen LogP contribution in [0.5, 0.6) is 5.75 Å². The summed E-state index contributed by atoms with van der Waals surface area (Å²) in [5, 5.41) is 8.24. The molecule has 0 atom stereocenters. The molecule has 0 aliphatic heterocycles. The number of aromatic nitrogens is 2. The third-order valence-corrected chi connectivity index (χ3v) is 4.71. The van der Waals surface area contributed by atoms with Crippen molar-refractivity contribution in [1.82, 2.24) is 9.78 Å². The number of benzene rings is 2. The minimum absolute atomic E-state index is 0.0877. The number of rotatable bonds is 7. The minimum Gasteiger partial charge on any atom is -0.494 e. The zero-order valence-electron chi connectivity index (χ0n) is 17.0. The van der Waals surface area contributed by atoms with Crippen LogP contribution in [0, 0.1) is 0 Å². The van der Waals surface area contributed by atoms with Gasteiger partial charge < -0.3 is 10.1 Å². The average molecular weight is 412 g/mol. The van der Waals surface area contributed by atoms with Gasteiger partial charge in [0, 0.05) is 17.9 Å². The van der Waals surface area contributed by atoms with Gasteiger partial charge >= 0.3 is 0 Å². The van der Waals surface area contributed by atoms with E-state index in [2.05, 4.69) is 26.1 Å². The Bertz CT molecular complexity index is 962. The summed E-state index contributed by atoms with van der Waals surface area (Å²) < 4.78 is 7.34. The molecule has 1 amide bonds. The maximum Gasteiger partial charge on any atom is 0.225 e. The van der Waals surface area contributed by atoms with E-state index in [9.17, 15) is 4.79 Å². The molecule has 1 N–H and O–H groups in total. The van der Waals surface area contributed by atoms with E-state index < -0.39 is 0 Å². The number of anilines is 1. The number of hydrogen-bond donors (Lipinski definition) is 1. The molecule has 3 aromatic rings. The highest BCUT2D eigenvalue weighted by atomic mass is 35.5. The van der Waals surface area contributed by atoms with Gasteiger partial charge in [-0.15, -0.1) is 0 Å². The summed E-state index contributed by atoms with van der Waals surface area (Å²) in [6, 6.07) is 18.9. The Morgan fingerprint density at radius 3 is 2.48 bits per heavy atom. The molecular weight excluding hydrogens is 386 g/mol. The fraction of sp³-hybridized carbons (Fsp3) is 0.304. The molecule has 29 heavy (non-hydrogen) atoms. The molecule has 152 valence electrons. The van der Waals surface area contributed by atoms with Crippen LogP contribution in [0.2, 0.25) is 5.02 Å². The Kier molecular flexibility index (Phi) is 6.60. The molecular formula is C23H26ClN3O2. The molecule has 1 aromatic heterocycles. The number of carbonyl (C=O) groups excluding carboxylic acids is 1. The molecule has 5 nitrogen and oxygen atoms in total. The molecule has 0 radical (unpaired) electrons. The number of para-hydroxylation sites is 2. The maximum absolute atomic E-state index is 12.5. The van der Waals surface area contributed by atoms with Gasteiger partial charge in [-0.2, -0.15) is 5.10 Å². The number of ether oxygens (including phenoxy) is 1. The van der Waals surface area contributed by atoms with Gasteiger partial charge in [-0.1, -0.05) is 62.7 Å². The summed E-state index contributed by atoms with van der Waals surface area (Å²) >= 11 is 6.36. The van der Waals surface area contributed by atoms with Crippen molar-refractivity contribution in [3.8, 4) is 11.4 Å². The summed E-state index contributed by atoms with van der Waals surface area (Å²) in [7, 11) is 0. The van der Waals surface area contributed by atoms with Gasteiger partial charge in [-0.05, 0) is 30.7 Å². The SMILES string of the molecule is CC(C)(C)c1cc(NC(=O)CCCOc2ccccc2)n(-c2ccccc2Cl)n1. The minimum atomic E-state index is -0.157. The fourth-order valence-electron chi connectivity index (χ4n) is 2.79. The lowest BCUT2D eigenvalue weighted by Gasteiger charge is -2.14. The molecule has 0 spiro atoms. The number of carbonyl (C=O) groups is 1. The topological polar surface area (TPSA) is 56.1 Å². The number of nitrogens with one attached hydrogen (secondary N) is 1. The van der Waals surface area contributed by atoms with Crippen molar-refractivity contribution in [3.05, 3.63) is 71.4 Å². The van der Waals surface area contributed by atoms with Crippen LogP contribution in [0.25, 0.3) is 5.69 Å². The second kappa shape index (κ2) is 9.14. The molecule has 0 aliphatic rings. The average Bonchev–Trinajstić information content (AvgIpc) is 3.10. The first-order valence-electron chi connectivity index (χ1n) is 9.68. The van der Waals surface area contributed by atoms with E-state index in [0.717, 1.165) is 17.1 Å². The fourth-order valence-corrected chi connectivity index (χ4v) is 3.00. The summed E-state index contributed by atoms with van der Waals surface area (Å²) in [5.41, 5.74) is 1.45. The van der Waals surface area contributed by atoms with Gasteiger partial charge in [-0.25, -0.2) is 4.68 Å². The van der Waals surface area contributed by atoms with Crippen LogP contribution < -0.4 is 10.1 Å². The summed E-state index contributed by atoms with van der Waals surface area (Å²) in [4.78, 5) is 12.5. The summed E-state index contributed by atoms with van der Waals surface area (Å²) in [6.45, 7) is 6.73. The molecule has 0 fully saturated rings. The predicted molar refractivity (Wildman–Crippen MR) is 117 cm³/mol. The zero-order chi connectivity index (χ0) is 20.9. The molecule has 0 saturated heterocycles. The number of amides is 1. The van der Waals surface area contributed by atoms with E-state index >= 15 is 0 Å². The highest BCUT2D eigenvalue weighted by molar-refractivity contribution is 6.32. The number of halogens is 1. The number of hydrogen-bond acceptors (Lipinski definition) is 3. The van der Waals surface area contributed by atoms with E-state index in [4.69, 9.17) is 21.4 Å². The second-order valence-electron chi connectivity index (χ2n) is 7.84. The Balaban J connectivity index is 1.68. The Morgan fingerprint density at radius 1 is 1.10 bits per heavy atom. The molecule has 3 rings (SSSR count). The van der Waals surface area contributed by atoms with Gasteiger partial charge in [0.15, 0.2) is 0 Å². The number of nitrogens with zero attached hydrogens (tertiary/aromatic N) is 2. The molecule has 1 heterocycles. The van der Waals surface area contributed by atoms with Gasteiger partial charge in [0.1, 0.15) is 11.6 Å². The van der Waals surface area contributed by atoms with Crippen LogP contribution in [-0.4, -0.2) is 22.3 Å². The van der Waals surface area contributed by atoms with E-state index in [0.29, 0.717) is 30.3 Å². The quantitative estimate of drug-likeness (QED) is 0.513. The zero-order valence-corrected chi connectivity index (χ0v) is 17.7. The molecule has 0 bridgehead atoms. The molecule has 2 aromatic carbocycles. The second-order valence-corrected chi connectivity index (χ2v) is 8.25. The van der Waals surface area contributed by atoms with Crippen molar-refractivity contribution in [3.63, 3.8) is 0 Å². The van der Waals surface area contributed by atoms with Crippen molar-refractivity contribution >= 4 is 23.3 Å². The van der Waals surface area contributed by atoms with Crippen molar-refractivity contribution in [1.29, 1.82) is 0 Å². The van der Waals surface area contributed by atoms with Crippen LogP contribution in [0.15, 0.2) is 60.7 Å². The van der Waals surface area contributed by atoms with Crippen LogP contribution in [-0.2, 0) is 10.2 Å². The molecule has 0 unspecified atom stereocenters. The third-order valence-electron chi connectivity index (χ3n) is 4.39. The highest BCUT2D eigenvalue weighted by Crippen LogP contribution is 2.29. The normalized spacial score (nSPS) is 11.3. The van der Waals surface area contributed by atoms with Crippen LogP contribution in [0.1, 0.15) is 39.3 Å². The first kappa shape index (κ1) is 20.9. The Morgan fingerprint density at radius 2 is 1.79 bits per heavy atom. The molecule has 6 heteroatoms. The van der Waals surface area contributed by atoms with Crippen molar-refractivity contribution in [2.45, 2.75) is 39.0 Å².